The van der Waals surface area contributed by atoms with E-state index < -0.39 is 5.60 Å². The van der Waals surface area contributed by atoms with E-state index in [1.807, 2.05) is 51.8 Å². The van der Waals surface area contributed by atoms with E-state index in [4.69, 9.17) is 26.7 Å². The molecule has 2 unspecified atom stereocenters. The van der Waals surface area contributed by atoms with Crippen LogP contribution in [-0.2, 0) is 4.74 Å². The second-order valence-corrected chi connectivity index (χ2v) is 18.1. The minimum Gasteiger partial charge on any atom is -0.507 e. The number of pyridine rings is 1. The number of phenolic OH excluding ortho intramolecular Hbond substituents is 1. The van der Waals surface area contributed by atoms with E-state index in [9.17, 15) is 9.90 Å². The van der Waals surface area contributed by atoms with Gasteiger partial charge in [-0.1, -0.05) is 46.8 Å². The van der Waals surface area contributed by atoms with Gasteiger partial charge < -0.3 is 51.4 Å². The van der Waals surface area contributed by atoms with Gasteiger partial charge in [0.05, 0.1) is 5.70 Å². The van der Waals surface area contributed by atoms with Gasteiger partial charge in [-0.05, 0) is 121 Å². The number of hydrogen-bond acceptors (Lipinski definition) is 11. The average Bonchev–Trinajstić information content (AvgIpc) is 3.42. The SMILES string of the molecule is CC.CC(C)(C)OC(=O)N1CCC(N2CCC3(CC2)CC(Oc2cc(N4C5CCC4CN(C(/C=C(\N)c4ccccc4O)=C(N)N)C5)ccn2)C3)CC1.CC(C)C. The molecule has 4 aliphatic heterocycles. The van der Waals surface area contributed by atoms with Crippen LogP contribution in [0, 0.1) is 11.3 Å². The normalized spacial score (nSPS) is 22.5. The Balaban J connectivity index is 0.000000973. The number of allylic oxidation sites excluding steroid dienone is 1. The predicted molar refractivity (Wildman–Crippen MR) is 230 cm³/mol. The lowest BCUT2D eigenvalue weighted by Crippen LogP contribution is -2.55. The second-order valence-electron chi connectivity index (χ2n) is 18.1. The smallest absolute Gasteiger partial charge is 0.410 e. The zero-order valence-electron chi connectivity index (χ0n) is 36.0. The van der Waals surface area contributed by atoms with Crippen LogP contribution in [0.3, 0.4) is 0 Å². The second kappa shape index (κ2) is 19.0. The van der Waals surface area contributed by atoms with Crippen LogP contribution in [0.1, 0.15) is 112 Å². The first-order chi connectivity index (χ1) is 27.1. The Bertz CT molecular complexity index is 1660. The van der Waals surface area contributed by atoms with E-state index in [0.717, 1.165) is 89.4 Å². The van der Waals surface area contributed by atoms with Gasteiger partial charge in [-0.3, -0.25) is 0 Å². The zero-order valence-corrected chi connectivity index (χ0v) is 36.0. The van der Waals surface area contributed by atoms with Gasteiger partial charge in [0.1, 0.15) is 23.3 Å². The molecule has 1 amide bonds. The molecule has 1 aromatic carbocycles. The molecule has 12 nitrogen and oxygen atoms in total. The molecule has 2 bridgehead atoms. The van der Waals surface area contributed by atoms with Gasteiger partial charge in [0, 0.05) is 73.5 Å². The van der Waals surface area contributed by atoms with E-state index in [1.165, 1.54) is 12.8 Å². The van der Waals surface area contributed by atoms with Crippen molar-refractivity contribution in [1.82, 2.24) is 19.7 Å². The van der Waals surface area contributed by atoms with E-state index in [-0.39, 0.29) is 35.9 Å². The number of ether oxygens (including phenoxy) is 2. The van der Waals surface area contributed by atoms with Crippen LogP contribution in [0.2, 0.25) is 0 Å². The fourth-order valence-corrected chi connectivity index (χ4v) is 9.12. The first-order valence-corrected chi connectivity index (χ1v) is 21.5. The molecule has 5 heterocycles. The highest BCUT2D eigenvalue weighted by atomic mass is 16.6. The summed E-state index contributed by atoms with van der Waals surface area (Å²) in [4.78, 5) is 26.4. The molecule has 7 N–H and O–H groups in total. The number of phenols is 1. The van der Waals surface area contributed by atoms with Crippen molar-refractivity contribution in [3.05, 3.63) is 65.8 Å². The predicted octanol–water partition coefficient (Wildman–Crippen LogP) is 7.24. The number of carbonyl (C=O) groups is 1. The first kappa shape index (κ1) is 43.8. The highest BCUT2D eigenvalue weighted by Crippen LogP contribution is 2.51. The number of amides is 1. The summed E-state index contributed by atoms with van der Waals surface area (Å²) < 4.78 is 12.1. The fourth-order valence-electron chi connectivity index (χ4n) is 9.12. The van der Waals surface area contributed by atoms with Crippen LogP contribution in [0.5, 0.6) is 11.6 Å². The number of likely N-dealkylation sites (tertiary alicyclic amines) is 3. The van der Waals surface area contributed by atoms with Crippen molar-refractivity contribution in [3.8, 4) is 11.6 Å². The first-order valence-electron chi connectivity index (χ1n) is 21.5. The lowest BCUT2D eigenvalue weighted by Gasteiger charge is -2.53. The van der Waals surface area contributed by atoms with Crippen LogP contribution >= 0.6 is 0 Å². The molecule has 57 heavy (non-hydrogen) atoms. The molecule has 1 spiro atoms. The van der Waals surface area contributed by atoms with Crippen molar-refractivity contribution in [3.63, 3.8) is 0 Å². The number of carbonyl (C=O) groups excluding carboxylic acids is 1. The number of rotatable bonds is 7. The molecular formula is C45H72N8O4. The average molecular weight is 789 g/mol. The minimum absolute atomic E-state index is 0.120. The summed E-state index contributed by atoms with van der Waals surface area (Å²) in [6.45, 7) is 21.6. The molecule has 5 aliphatic rings. The van der Waals surface area contributed by atoms with Crippen LogP contribution in [0.25, 0.3) is 5.70 Å². The van der Waals surface area contributed by atoms with Crippen LogP contribution < -0.4 is 26.8 Å². The Morgan fingerprint density at radius 3 is 2.05 bits per heavy atom. The summed E-state index contributed by atoms with van der Waals surface area (Å²) in [7, 11) is 0. The van der Waals surface area contributed by atoms with Crippen molar-refractivity contribution in [1.29, 1.82) is 0 Å². The topological polar surface area (TPSA) is 160 Å². The van der Waals surface area contributed by atoms with Gasteiger partial charge in [-0.2, -0.15) is 0 Å². The number of hydrogen-bond donors (Lipinski definition) is 4. The van der Waals surface area contributed by atoms with Gasteiger partial charge in [0.2, 0.25) is 5.88 Å². The number of benzene rings is 1. The van der Waals surface area contributed by atoms with Gasteiger partial charge in [0.25, 0.3) is 0 Å². The molecule has 1 saturated carbocycles. The van der Waals surface area contributed by atoms with E-state index in [2.05, 4.69) is 52.6 Å². The summed E-state index contributed by atoms with van der Waals surface area (Å²) in [5, 5.41) is 10.3. The number of anilines is 1. The lowest BCUT2D eigenvalue weighted by atomic mass is 9.61. The minimum atomic E-state index is -0.456. The molecule has 7 rings (SSSR count). The van der Waals surface area contributed by atoms with E-state index in [0.29, 0.717) is 34.3 Å². The third-order valence-corrected chi connectivity index (χ3v) is 11.7. The number of aromatic nitrogens is 1. The van der Waals surface area contributed by atoms with E-state index >= 15 is 0 Å². The number of piperazine rings is 1. The number of aromatic hydroxyl groups is 1. The van der Waals surface area contributed by atoms with Crippen LogP contribution in [0.4, 0.5) is 10.5 Å². The van der Waals surface area contributed by atoms with E-state index in [1.54, 1.807) is 24.3 Å². The number of nitrogens with zero attached hydrogens (tertiary/aromatic N) is 5. The number of fused-ring (bicyclic) bond motifs is 2. The maximum absolute atomic E-state index is 12.5. The molecule has 316 valence electrons. The molecular weight excluding hydrogens is 717 g/mol. The summed E-state index contributed by atoms with van der Waals surface area (Å²) in [5.41, 5.74) is 21.5. The third kappa shape index (κ3) is 11.2. The van der Waals surface area contributed by atoms with Crippen LogP contribution in [-0.4, -0.2) is 100.0 Å². The van der Waals surface area contributed by atoms with Crippen molar-refractivity contribution in [2.24, 2.45) is 28.5 Å². The van der Waals surface area contributed by atoms with Crippen molar-refractivity contribution >= 4 is 17.5 Å². The molecule has 12 heteroatoms. The zero-order chi connectivity index (χ0) is 41.5. The quantitative estimate of drug-likeness (QED) is 0.210. The number of nitrogens with two attached hydrogens (primary N) is 3. The summed E-state index contributed by atoms with van der Waals surface area (Å²) >= 11 is 0. The third-order valence-electron chi connectivity index (χ3n) is 11.7. The Kier molecular flexibility index (Phi) is 14.6. The number of para-hydroxylation sites is 1. The maximum atomic E-state index is 12.5. The standard InChI is InChI=1S/C39H56N8O4.C4H10.C2H6/c1-38(2,3)51-37(49)45-16-11-26(12-17-45)44-18-13-39(14-19-44)22-30(23-39)50-35-20-27(10-15-43-35)47-28-8-9-29(47)25-46(24-28)33(36(41)42)21-32(40)31-6-4-5-7-34(31)48;1-4(2)3;1-2/h4-7,10,15,20-21,26,28-30,48H,8-9,11-14,16-19,22-25,40-42H2,1-3H3;4H,1-3H3;1-2H3/b32-21-;;. The van der Waals surface area contributed by atoms with Crippen molar-refractivity contribution < 1.29 is 19.4 Å². The van der Waals surface area contributed by atoms with Gasteiger partial charge in [0.15, 0.2) is 0 Å². The number of piperidine rings is 2. The molecule has 0 radical (unpaired) electrons. The maximum Gasteiger partial charge on any atom is 0.410 e. The molecule has 1 aromatic heterocycles. The summed E-state index contributed by atoms with van der Waals surface area (Å²) in [6.07, 6.45) is 12.4. The van der Waals surface area contributed by atoms with Crippen molar-refractivity contribution in [2.45, 2.75) is 137 Å². The highest BCUT2D eigenvalue weighted by Gasteiger charge is 2.48. The molecule has 1 aliphatic carbocycles. The largest absolute Gasteiger partial charge is 0.507 e. The lowest BCUT2D eigenvalue weighted by molar-refractivity contribution is -0.0667. The molecule has 4 saturated heterocycles. The Hall–Kier alpha value is -4.32. The van der Waals surface area contributed by atoms with Gasteiger partial charge >= 0.3 is 6.09 Å². The summed E-state index contributed by atoms with van der Waals surface area (Å²) in [5.74, 6) is 1.87. The van der Waals surface area contributed by atoms with Crippen molar-refractivity contribution in [2.75, 3.05) is 44.2 Å². The van der Waals surface area contributed by atoms with Gasteiger partial charge in [-0.25, -0.2) is 9.78 Å². The fraction of sp³-hybridized carbons (Fsp3) is 0.644. The monoisotopic (exact) mass is 789 g/mol. The molecule has 2 aromatic rings. The Morgan fingerprint density at radius 2 is 1.49 bits per heavy atom. The summed E-state index contributed by atoms with van der Waals surface area (Å²) in [6, 6.07) is 12.3. The highest BCUT2D eigenvalue weighted by molar-refractivity contribution is 5.70. The van der Waals surface area contributed by atoms with Crippen LogP contribution in [0.15, 0.2) is 60.2 Å². The Morgan fingerprint density at radius 1 is 0.895 bits per heavy atom. The van der Waals surface area contributed by atoms with Gasteiger partial charge in [-0.15, -0.1) is 0 Å². The Labute approximate surface area is 342 Å². The molecule has 5 fully saturated rings. The molecule has 2 atom stereocenters.